The standard InChI is InChI=1S/C19H21FN4O2/c1-12(2)17-10-18(23-26-17)22-19(25)14-5-7-24(8-6-14)16-4-3-13(11-21)9-15(16)20/h3-4,9-10,12,14H,5-8H2,1-2H3,(H,22,23,25). The second kappa shape index (κ2) is 7.56. The van der Waals surface area contributed by atoms with Gasteiger partial charge < -0.3 is 14.7 Å². The molecule has 1 aromatic carbocycles. The molecule has 1 aliphatic rings. The zero-order chi connectivity index (χ0) is 18.7. The quantitative estimate of drug-likeness (QED) is 0.904. The van der Waals surface area contributed by atoms with E-state index < -0.39 is 5.82 Å². The van der Waals surface area contributed by atoms with Gasteiger partial charge in [0.25, 0.3) is 0 Å². The summed E-state index contributed by atoms with van der Waals surface area (Å²) in [6, 6.07) is 8.14. The summed E-state index contributed by atoms with van der Waals surface area (Å²) in [7, 11) is 0. The first-order valence-corrected chi connectivity index (χ1v) is 8.70. The molecule has 1 N–H and O–H groups in total. The van der Waals surface area contributed by atoms with Crippen LogP contribution in [-0.2, 0) is 4.79 Å². The number of amides is 1. The van der Waals surface area contributed by atoms with Gasteiger partial charge in [0.1, 0.15) is 11.6 Å². The van der Waals surface area contributed by atoms with Crippen LogP contribution >= 0.6 is 0 Å². The molecular formula is C19H21FN4O2. The fourth-order valence-corrected chi connectivity index (χ4v) is 3.06. The van der Waals surface area contributed by atoms with Crippen LogP contribution < -0.4 is 10.2 Å². The molecule has 0 bridgehead atoms. The number of anilines is 2. The molecule has 6 nitrogen and oxygen atoms in total. The van der Waals surface area contributed by atoms with Crippen molar-refractivity contribution in [2.45, 2.75) is 32.6 Å². The molecule has 1 aliphatic heterocycles. The minimum absolute atomic E-state index is 0.0893. The number of aromatic nitrogens is 1. The van der Waals surface area contributed by atoms with E-state index in [0.29, 0.717) is 43.0 Å². The van der Waals surface area contributed by atoms with Gasteiger partial charge in [0.2, 0.25) is 5.91 Å². The minimum Gasteiger partial charge on any atom is -0.369 e. The van der Waals surface area contributed by atoms with Gasteiger partial charge in [-0.15, -0.1) is 0 Å². The van der Waals surface area contributed by atoms with Crippen molar-refractivity contribution in [2.75, 3.05) is 23.3 Å². The Morgan fingerprint density at radius 3 is 2.69 bits per heavy atom. The smallest absolute Gasteiger partial charge is 0.228 e. The Bertz CT molecular complexity index is 832. The lowest BCUT2D eigenvalue weighted by Crippen LogP contribution is -2.38. The number of nitrogens with zero attached hydrogens (tertiary/aromatic N) is 3. The first kappa shape index (κ1) is 17.9. The predicted molar refractivity (Wildman–Crippen MR) is 95.3 cm³/mol. The number of nitriles is 1. The Hall–Kier alpha value is -2.88. The van der Waals surface area contributed by atoms with Crippen LogP contribution in [0.4, 0.5) is 15.9 Å². The topological polar surface area (TPSA) is 82.2 Å². The molecule has 1 saturated heterocycles. The number of benzene rings is 1. The highest BCUT2D eigenvalue weighted by molar-refractivity contribution is 5.91. The summed E-state index contributed by atoms with van der Waals surface area (Å²) in [5, 5.41) is 15.5. The Balaban J connectivity index is 1.57. The van der Waals surface area contributed by atoms with E-state index in [1.807, 2.05) is 24.8 Å². The van der Waals surface area contributed by atoms with E-state index in [0.717, 1.165) is 5.76 Å². The van der Waals surface area contributed by atoms with Gasteiger partial charge in [-0.2, -0.15) is 5.26 Å². The zero-order valence-electron chi connectivity index (χ0n) is 14.8. The van der Waals surface area contributed by atoms with Crippen molar-refractivity contribution in [2.24, 2.45) is 5.92 Å². The first-order valence-electron chi connectivity index (χ1n) is 8.70. The van der Waals surface area contributed by atoms with Crippen molar-refractivity contribution in [1.29, 1.82) is 5.26 Å². The second-order valence-electron chi connectivity index (χ2n) is 6.80. The summed E-state index contributed by atoms with van der Waals surface area (Å²) in [6.45, 7) is 5.14. The molecule has 0 aliphatic carbocycles. The average molecular weight is 356 g/mol. The minimum atomic E-state index is -0.407. The Kier molecular flexibility index (Phi) is 5.21. The molecular weight excluding hydrogens is 335 g/mol. The summed E-state index contributed by atoms with van der Waals surface area (Å²) >= 11 is 0. The number of carbonyl (C=O) groups is 1. The molecule has 1 amide bonds. The van der Waals surface area contributed by atoms with Gasteiger partial charge in [-0.1, -0.05) is 19.0 Å². The molecule has 0 radical (unpaired) electrons. The van der Waals surface area contributed by atoms with Crippen LogP contribution in [0.25, 0.3) is 0 Å². The van der Waals surface area contributed by atoms with Gasteiger partial charge in [-0.3, -0.25) is 4.79 Å². The first-order chi connectivity index (χ1) is 12.5. The number of hydrogen-bond donors (Lipinski definition) is 1. The van der Waals surface area contributed by atoms with Gasteiger partial charge in [-0.25, -0.2) is 4.39 Å². The molecule has 0 unspecified atom stereocenters. The van der Waals surface area contributed by atoms with Crippen molar-refractivity contribution >= 4 is 17.4 Å². The fourth-order valence-electron chi connectivity index (χ4n) is 3.06. The molecule has 26 heavy (non-hydrogen) atoms. The van der Waals surface area contributed by atoms with E-state index in [2.05, 4.69) is 10.5 Å². The maximum atomic E-state index is 14.1. The third-order valence-corrected chi connectivity index (χ3v) is 4.63. The summed E-state index contributed by atoms with van der Waals surface area (Å²) in [4.78, 5) is 14.3. The number of halogens is 1. The predicted octanol–water partition coefficient (Wildman–Crippen LogP) is 3.66. The lowest BCUT2D eigenvalue weighted by atomic mass is 9.95. The van der Waals surface area contributed by atoms with Crippen LogP contribution in [0.2, 0.25) is 0 Å². The molecule has 1 aromatic heterocycles. The molecule has 1 fully saturated rings. The highest BCUT2D eigenvalue weighted by Gasteiger charge is 2.27. The number of nitrogens with one attached hydrogen (secondary N) is 1. The number of piperidine rings is 1. The molecule has 3 rings (SSSR count). The van der Waals surface area contributed by atoms with Gasteiger partial charge >= 0.3 is 0 Å². The summed E-state index contributed by atoms with van der Waals surface area (Å²) in [6.07, 6.45) is 1.25. The van der Waals surface area contributed by atoms with Gasteiger partial charge in [0, 0.05) is 31.0 Å². The third kappa shape index (κ3) is 3.85. The van der Waals surface area contributed by atoms with E-state index in [1.54, 1.807) is 18.2 Å². The average Bonchev–Trinajstić information content (AvgIpc) is 3.10. The van der Waals surface area contributed by atoms with Gasteiger partial charge in [0.15, 0.2) is 5.82 Å². The van der Waals surface area contributed by atoms with Gasteiger partial charge in [0.05, 0.1) is 17.3 Å². The van der Waals surface area contributed by atoms with Crippen molar-refractivity contribution < 1.29 is 13.7 Å². The van der Waals surface area contributed by atoms with Crippen molar-refractivity contribution in [3.63, 3.8) is 0 Å². The van der Waals surface area contributed by atoms with E-state index in [4.69, 9.17) is 9.78 Å². The lowest BCUT2D eigenvalue weighted by Gasteiger charge is -2.33. The fraction of sp³-hybridized carbons (Fsp3) is 0.421. The largest absolute Gasteiger partial charge is 0.369 e. The highest BCUT2D eigenvalue weighted by Crippen LogP contribution is 2.27. The van der Waals surface area contributed by atoms with Crippen LogP contribution in [0.3, 0.4) is 0 Å². The summed E-state index contributed by atoms with van der Waals surface area (Å²) in [5.41, 5.74) is 0.773. The lowest BCUT2D eigenvalue weighted by molar-refractivity contribution is -0.120. The van der Waals surface area contributed by atoms with Crippen LogP contribution in [0.1, 0.15) is 43.9 Å². The van der Waals surface area contributed by atoms with Crippen molar-refractivity contribution in [3.05, 3.63) is 41.4 Å². The highest BCUT2D eigenvalue weighted by atomic mass is 19.1. The van der Waals surface area contributed by atoms with Crippen molar-refractivity contribution in [3.8, 4) is 6.07 Å². The normalized spacial score (nSPS) is 15.1. The zero-order valence-corrected chi connectivity index (χ0v) is 14.8. The maximum absolute atomic E-state index is 14.1. The van der Waals surface area contributed by atoms with E-state index in [-0.39, 0.29) is 17.7 Å². The van der Waals surface area contributed by atoms with E-state index >= 15 is 0 Å². The van der Waals surface area contributed by atoms with E-state index in [1.165, 1.54) is 6.07 Å². The monoisotopic (exact) mass is 356 g/mol. The molecule has 0 atom stereocenters. The molecule has 0 spiro atoms. The number of rotatable bonds is 4. The Labute approximate surface area is 151 Å². The summed E-state index contributed by atoms with van der Waals surface area (Å²) < 4.78 is 19.3. The van der Waals surface area contributed by atoms with Gasteiger partial charge in [-0.05, 0) is 31.0 Å². The van der Waals surface area contributed by atoms with Crippen molar-refractivity contribution in [1.82, 2.24) is 5.16 Å². The molecule has 0 saturated carbocycles. The molecule has 7 heteroatoms. The second-order valence-corrected chi connectivity index (χ2v) is 6.80. The molecule has 2 heterocycles. The SMILES string of the molecule is CC(C)c1cc(NC(=O)C2CCN(c3ccc(C#N)cc3F)CC2)no1. The maximum Gasteiger partial charge on any atom is 0.228 e. The van der Waals surface area contributed by atoms with E-state index in [9.17, 15) is 9.18 Å². The third-order valence-electron chi connectivity index (χ3n) is 4.63. The number of hydrogen-bond acceptors (Lipinski definition) is 5. The van der Waals surface area contributed by atoms with Crippen LogP contribution in [0, 0.1) is 23.1 Å². The van der Waals surface area contributed by atoms with Crippen LogP contribution in [-0.4, -0.2) is 24.2 Å². The van der Waals surface area contributed by atoms with Crippen LogP contribution in [0.5, 0.6) is 0 Å². The number of carbonyl (C=O) groups excluding carboxylic acids is 1. The molecule has 136 valence electrons. The Morgan fingerprint density at radius 2 is 2.12 bits per heavy atom. The molecule has 2 aromatic rings. The summed E-state index contributed by atoms with van der Waals surface area (Å²) in [5.74, 6) is 0.723. The van der Waals surface area contributed by atoms with Crippen LogP contribution in [0.15, 0.2) is 28.8 Å². The Morgan fingerprint density at radius 1 is 1.38 bits per heavy atom.